The van der Waals surface area contributed by atoms with Gasteiger partial charge < -0.3 is 24.3 Å². The minimum Gasteiger partial charge on any atom is -0.497 e. The van der Waals surface area contributed by atoms with E-state index >= 15 is 0 Å². The number of benzene rings is 3. The minimum atomic E-state index is -0.120. The van der Waals surface area contributed by atoms with Gasteiger partial charge in [0.05, 0.1) is 34.5 Å². The van der Waals surface area contributed by atoms with Crippen LogP contribution in [-0.2, 0) is 13.0 Å². The second-order valence-electron chi connectivity index (χ2n) is 9.14. The lowest BCUT2D eigenvalue weighted by Crippen LogP contribution is -2.48. The Morgan fingerprint density at radius 3 is 2.05 bits per heavy atom. The summed E-state index contributed by atoms with van der Waals surface area (Å²) in [7, 11) is 6.60. The third-order valence-corrected chi connectivity index (χ3v) is 7.06. The van der Waals surface area contributed by atoms with Gasteiger partial charge in [-0.1, -0.05) is 19.1 Å². The fourth-order valence-electron chi connectivity index (χ4n) is 5.04. The molecule has 0 bridgehead atoms. The molecule has 1 aliphatic heterocycles. The molecule has 4 rings (SSSR count). The fraction of sp³-hybridized carbons (Fsp3) is 0.367. The summed E-state index contributed by atoms with van der Waals surface area (Å²) in [5.41, 5.74) is 4.15. The first-order valence-corrected chi connectivity index (χ1v) is 12.6. The van der Waals surface area contributed by atoms with Crippen molar-refractivity contribution < 1.29 is 23.7 Å². The third kappa shape index (κ3) is 5.83. The largest absolute Gasteiger partial charge is 0.497 e. The molecule has 0 radical (unpaired) electrons. The Labute approximate surface area is 219 Å². The lowest BCUT2D eigenvalue weighted by molar-refractivity contribution is 0.0859. The molecule has 0 saturated carbocycles. The van der Waals surface area contributed by atoms with Crippen LogP contribution in [0.5, 0.6) is 23.0 Å². The fourth-order valence-corrected chi connectivity index (χ4v) is 5.04. The van der Waals surface area contributed by atoms with Crippen LogP contribution in [0.3, 0.4) is 0 Å². The highest BCUT2D eigenvalue weighted by atomic mass is 16.5. The van der Waals surface area contributed by atoms with E-state index in [1.807, 2.05) is 12.1 Å². The number of carbonyl (C=O) groups is 1. The van der Waals surface area contributed by atoms with Crippen LogP contribution in [0.25, 0.3) is 0 Å². The third-order valence-electron chi connectivity index (χ3n) is 7.06. The number of nitrogens with zero attached hydrogens (tertiary/aromatic N) is 1. The highest BCUT2D eigenvalue weighted by molar-refractivity contribution is 5.94. The van der Waals surface area contributed by atoms with Crippen molar-refractivity contribution in [1.82, 2.24) is 10.2 Å². The van der Waals surface area contributed by atoms with Crippen LogP contribution in [0, 0.1) is 0 Å². The standard InChI is InChI=1S/C30H36N2O5/c1-6-26(31-30(33)21-9-13-24(35-3)14-10-21)29-25-18-28(37-5)27(36-4)17-22(25)15-16-32(29)19-20-7-11-23(34-2)12-8-20/h7-14,17-18,26,29H,6,15-16,19H2,1-5H3,(H,31,33)/t26-,29-/m1/s1. The molecule has 2 atom stereocenters. The number of fused-ring (bicyclic) bond motifs is 1. The average molecular weight is 505 g/mol. The van der Waals surface area contributed by atoms with Crippen LogP contribution in [0.15, 0.2) is 60.7 Å². The average Bonchev–Trinajstić information content (AvgIpc) is 2.95. The molecule has 3 aromatic rings. The maximum Gasteiger partial charge on any atom is 0.251 e. The molecule has 196 valence electrons. The SMILES string of the molecule is CC[C@@H](NC(=O)c1ccc(OC)cc1)[C@H]1c2cc(OC)c(OC)cc2CCN1Cc1ccc(OC)cc1. The molecule has 0 unspecified atom stereocenters. The number of hydrogen-bond donors (Lipinski definition) is 1. The Balaban J connectivity index is 1.69. The van der Waals surface area contributed by atoms with Crippen molar-refractivity contribution in [3.05, 3.63) is 82.9 Å². The van der Waals surface area contributed by atoms with Crippen molar-refractivity contribution in [2.75, 3.05) is 35.0 Å². The Kier molecular flexibility index (Phi) is 8.56. The van der Waals surface area contributed by atoms with E-state index in [1.54, 1.807) is 52.7 Å². The molecule has 1 amide bonds. The number of ether oxygens (including phenoxy) is 4. The monoisotopic (exact) mass is 504 g/mol. The zero-order valence-corrected chi connectivity index (χ0v) is 22.2. The van der Waals surface area contributed by atoms with Gasteiger partial charge in [-0.2, -0.15) is 0 Å². The smallest absolute Gasteiger partial charge is 0.251 e. The Hall–Kier alpha value is -3.71. The predicted octanol–water partition coefficient (Wildman–Crippen LogP) is 5.03. The molecule has 0 saturated heterocycles. The Morgan fingerprint density at radius 2 is 1.49 bits per heavy atom. The lowest BCUT2D eigenvalue weighted by Gasteiger charge is -2.42. The molecule has 0 aromatic heterocycles. The summed E-state index contributed by atoms with van der Waals surface area (Å²) in [5, 5.41) is 3.32. The van der Waals surface area contributed by atoms with Gasteiger partial charge in [-0.25, -0.2) is 0 Å². The Morgan fingerprint density at radius 1 is 0.892 bits per heavy atom. The molecule has 1 aliphatic rings. The van der Waals surface area contributed by atoms with Gasteiger partial charge in [-0.05, 0) is 78.1 Å². The van der Waals surface area contributed by atoms with E-state index in [9.17, 15) is 4.79 Å². The summed E-state index contributed by atoms with van der Waals surface area (Å²) in [6, 6.07) is 19.3. The van der Waals surface area contributed by atoms with E-state index in [-0.39, 0.29) is 18.0 Å². The number of hydrogen-bond acceptors (Lipinski definition) is 6. The van der Waals surface area contributed by atoms with E-state index in [0.29, 0.717) is 11.3 Å². The van der Waals surface area contributed by atoms with E-state index < -0.39 is 0 Å². The number of carbonyl (C=O) groups excluding carboxylic acids is 1. The number of amides is 1. The number of methoxy groups -OCH3 is 4. The summed E-state index contributed by atoms with van der Waals surface area (Å²) in [5.74, 6) is 2.86. The van der Waals surface area contributed by atoms with E-state index in [2.05, 4.69) is 41.4 Å². The molecule has 7 heteroatoms. The quantitative estimate of drug-likeness (QED) is 0.418. The van der Waals surface area contributed by atoms with Gasteiger partial charge in [0.25, 0.3) is 5.91 Å². The molecule has 37 heavy (non-hydrogen) atoms. The maximum absolute atomic E-state index is 13.3. The van der Waals surface area contributed by atoms with Gasteiger partial charge in [-0.15, -0.1) is 0 Å². The van der Waals surface area contributed by atoms with Crippen LogP contribution < -0.4 is 24.3 Å². The molecule has 0 aliphatic carbocycles. The van der Waals surface area contributed by atoms with Crippen molar-refractivity contribution in [3.8, 4) is 23.0 Å². The molecule has 1 heterocycles. The highest BCUT2D eigenvalue weighted by Crippen LogP contribution is 2.40. The molecular weight excluding hydrogens is 468 g/mol. The first-order valence-electron chi connectivity index (χ1n) is 12.6. The first-order chi connectivity index (χ1) is 18.0. The minimum absolute atomic E-state index is 0.0437. The van der Waals surface area contributed by atoms with Crippen molar-refractivity contribution in [2.45, 2.75) is 38.4 Å². The van der Waals surface area contributed by atoms with Gasteiger partial charge in [0, 0.05) is 24.7 Å². The predicted molar refractivity (Wildman–Crippen MR) is 144 cm³/mol. The zero-order valence-electron chi connectivity index (χ0n) is 22.2. The van der Waals surface area contributed by atoms with Gasteiger partial charge >= 0.3 is 0 Å². The molecular formula is C30H36N2O5. The highest BCUT2D eigenvalue weighted by Gasteiger charge is 2.35. The Bertz CT molecular complexity index is 1190. The van der Waals surface area contributed by atoms with Crippen LogP contribution in [0.2, 0.25) is 0 Å². The van der Waals surface area contributed by atoms with E-state index in [4.69, 9.17) is 18.9 Å². The topological polar surface area (TPSA) is 69.3 Å². The van der Waals surface area contributed by atoms with Gasteiger partial charge in [0.1, 0.15) is 11.5 Å². The van der Waals surface area contributed by atoms with Crippen LogP contribution in [0.1, 0.15) is 46.4 Å². The molecule has 1 N–H and O–H groups in total. The zero-order chi connectivity index (χ0) is 26.4. The van der Waals surface area contributed by atoms with Crippen LogP contribution in [-0.4, -0.2) is 51.8 Å². The van der Waals surface area contributed by atoms with Gasteiger partial charge in [-0.3, -0.25) is 9.69 Å². The maximum atomic E-state index is 13.3. The summed E-state index contributed by atoms with van der Waals surface area (Å²) < 4.78 is 21.8. The summed E-state index contributed by atoms with van der Waals surface area (Å²) in [6.07, 6.45) is 1.64. The molecule has 3 aromatic carbocycles. The second-order valence-corrected chi connectivity index (χ2v) is 9.14. The van der Waals surface area contributed by atoms with Crippen molar-refractivity contribution in [1.29, 1.82) is 0 Å². The van der Waals surface area contributed by atoms with Gasteiger partial charge in [0.2, 0.25) is 0 Å². The number of nitrogens with one attached hydrogen (secondary N) is 1. The first kappa shape index (κ1) is 26.4. The molecule has 0 fully saturated rings. The van der Waals surface area contributed by atoms with E-state index in [1.165, 1.54) is 11.1 Å². The summed E-state index contributed by atoms with van der Waals surface area (Å²) in [6.45, 7) is 3.71. The van der Waals surface area contributed by atoms with Gasteiger partial charge in [0.15, 0.2) is 11.5 Å². The van der Waals surface area contributed by atoms with E-state index in [0.717, 1.165) is 48.7 Å². The number of rotatable bonds is 10. The normalized spacial score (nSPS) is 15.9. The second kappa shape index (κ2) is 12.0. The summed E-state index contributed by atoms with van der Waals surface area (Å²) in [4.78, 5) is 15.7. The summed E-state index contributed by atoms with van der Waals surface area (Å²) >= 11 is 0. The van der Waals surface area contributed by atoms with Crippen molar-refractivity contribution in [2.24, 2.45) is 0 Å². The van der Waals surface area contributed by atoms with Crippen LogP contribution >= 0.6 is 0 Å². The molecule has 0 spiro atoms. The lowest BCUT2D eigenvalue weighted by atomic mass is 9.86. The molecule has 7 nitrogen and oxygen atoms in total. The van der Waals surface area contributed by atoms with Crippen molar-refractivity contribution in [3.63, 3.8) is 0 Å². The van der Waals surface area contributed by atoms with Crippen LogP contribution in [0.4, 0.5) is 0 Å². The van der Waals surface area contributed by atoms with Crippen molar-refractivity contribution >= 4 is 5.91 Å².